The van der Waals surface area contributed by atoms with Crippen LogP contribution in [0.4, 0.5) is 5.69 Å². The highest BCUT2D eigenvalue weighted by Crippen LogP contribution is 2.35. The number of unbranched alkanes of at least 4 members (excludes halogenated alkanes) is 1. The fourth-order valence-electron chi connectivity index (χ4n) is 2.74. The molecule has 2 heterocycles. The average molecular weight is 401 g/mol. The monoisotopic (exact) mass is 401 g/mol. The van der Waals surface area contributed by atoms with Crippen LogP contribution < -0.4 is 0 Å². The first-order chi connectivity index (χ1) is 13.4. The van der Waals surface area contributed by atoms with Gasteiger partial charge in [-0.15, -0.1) is 10.2 Å². The van der Waals surface area contributed by atoms with Gasteiger partial charge in [0.1, 0.15) is 0 Å². The van der Waals surface area contributed by atoms with Crippen LogP contribution in [-0.2, 0) is 6.54 Å². The van der Waals surface area contributed by atoms with Gasteiger partial charge in [0.15, 0.2) is 5.16 Å². The van der Waals surface area contributed by atoms with Gasteiger partial charge in [-0.3, -0.25) is 10.1 Å². The molecule has 1 aromatic carbocycles. The molecule has 0 aliphatic heterocycles. The molecular formula is C19H23N5O3S. The number of hydrogen-bond donors (Lipinski definition) is 0. The Kier molecular flexibility index (Phi) is 6.13. The number of aromatic nitrogens is 4. The Balaban J connectivity index is 1.77. The summed E-state index contributed by atoms with van der Waals surface area (Å²) in [4.78, 5) is 15.0. The van der Waals surface area contributed by atoms with Crippen molar-refractivity contribution in [2.24, 2.45) is 0 Å². The van der Waals surface area contributed by atoms with Gasteiger partial charge in [0.05, 0.1) is 15.9 Å². The molecule has 9 heteroatoms. The molecule has 0 spiro atoms. The molecule has 0 unspecified atom stereocenters. The van der Waals surface area contributed by atoms with E-state index in [9.17, 15) is 10.1 Å². The van der Waals surface area contributed by atoms with E-state index in [1.807, 2.05) is 13.8 Å². The number of rotatable bonds is 8. The summed E-state index contributed by atoms with van der Waals surface area (Å²) in [7, 11) is 0. The quantitative estimate of drug-likeness (QED) is 0.294. The SMILES string of the molecule is CCCCn1c(S[C@H](C)c2nnc(-c3ccc([N+](=O)[O-])cc3)o2)nc(C)c1C. The van der Waals surface area contributed by atoms with Gasteiger partial charge in [-0.1, -0.05) is 25.1 Å². The second-order valence-electron chi connectivity index (χ2n) is 6.58. The predicted molar refractivity (Wildman–Crippen MR) is 107 cm³/mol. The minimum atomic E-state index is -0.438. The zero-order valence-corrected chi connectivity index (χ0v) is 17.2. The summed E-state index contributed by atoms with van der Waals surface area (Å²) in [6, 6.07) is 6.07. The summed E-state index contributed by atoms with van der Waals surface area (Å²) in [5, 5.41) is 19.9. The summed E-state index contributed by atoms with van der Waals surface area (Å²) in [5.41, 5.74) is 2.89. The van der Waals surface area contributed by atoms with Gasteiger partial charge in [0.25, 0.3) is 5.69 Å². The third kappa shape index (κ3) is 4.24. The summed E-state index contributed by atoms with van der Waals surface area (Å²) < 4.78 is 8.06. The molecule has 1 atom stereocenters. The second kappa shape index (κ2) is 8.55. The molecule has 3 rings (SSSR count). The van der Waals surface area contributed by atoms with Gasteiger partial charge in [0, 0.05) is 29.9 Å². The van der Waals surface area contributed by atoms with Crippen molar-refractivity contribution in [1.82, 2.24) is 19.7 Å². The van der Waals surface area contributed by atoms with Gasteiger partial charge >= 0.3 is 0 Å². The van der Waals surface area contributed by atoms with Crippen LogP contribution in [0, 0.1) is 24.0 Å². The van der Waals surface area contributed by atoms with E-state index in [4.69, 9.17) is 9.40 Å². The van der Waals surface area contributed by atoms with Crippen molar-refractivity contribution in [3.63, 3.8) is 0 Å². The highest BCUT2D eigenvalue weighted by atomic mass is 32.2. The van der Waals surface area contributed by atoms with Crippen LogP contribution in [-0.4, -0.2) is 24.7 Å². The number of thioether (sulfide) groups is 1. The third-order valence-corrected chi connectivity index (χ3v) is 5.63. The van der Waals surface area contributed by atoms with Crippen LogP contribution in [0.1, 0.15) is 49.2 Å². The largest absolute Gasteiger partial charge is 0.419 e. The number of nitro groups is 1. The van der Waals surface area contributed by atoms with E-state index >= 15 is 0 Å². The van der Waals surface area contributed by atoms with E-state index in [0.29, 0.717) is 17.3 Å². The Morgan fingerprint density at radius 2 is 1.96 bits per heavy atom. The van der Waals surface area contributed by atoms with Crippen LogP contribution in [0.15, 0.2) is 33.8 Å². The number of hydrogen-bond acceptors (Lipinski definition) is 7. The Hall–Kier alpha value is -2.68. The molecule has 0 fully saturated rings. The smallest absolute Gasteiger partial charge is 0.269 e. The van der Waals surface area contributed by atoms with E-state index in [1.54, 1.807) is 23.9 Å². The number of imidazole rings is 1. The molecule has 0 aliphatic rings. The fraction of sp³-hybridized carbons (Fsp3) is 0.421. The zero-order valence-electron chi connectivity index (χ0n) is 16.4. The van der Waals surface area contributed by atoms with Crippen molar-refractivity contribution >= 4 is 17.4 Å². The number of aryl methyl sites for hydroxylation is 1. The van der Waals surface area contributed by atoms with Gasteiger partial charge in [-0.05, 0) is 39.3 Å². The molecule has 28 heavy (non-hydrogen) atoms. The first-order valence-electron chi connectivity index (χ1n) is 9.19. The van der Waals surface area contributed by atoms with E-state index in [0.717, 1.165) is 30.2 Å². The van der Waals surface area contributed by atoms with E-state index < -0.39 is 4.92 Å². The summed E-state index contributed by atoms with van der Waals surface area (Å²) >= 11 is 1.59. The van der Waals surface area contributed by atoms with Gasteiger partial charge in [0.2, 0.25) is 11.8 Å². The van der Waals surface area contributed by atoms with Crippen molar-refractivity contribution in [2.75, 3.05) is 0 Å². The van der Waals surface area contributed by atoms with Gasteiger partial charge in [-0.2, -0.15) is 0 Å². The lowest BCUT2D eigenvalue weighted by Crippen LogP contribution is -2.03. The van der Waals surface area contributed by atoms with Crippen LogP contribution in [0.3, 0.4) is 0 Å². The van der Waals surface area contributed by atoms with Crippen molar-refractivity contribution in [1.29, 1.82) is 0 Å². The molecule has 0 saturated carbocycles. The fourth-order valence-corrected chi connectivity index (χ4v) is 3.80. The molecular weight excluding hydrogens is 378 g/mol. The Morgan fingerprint density at radius 1 is 1.25 bits per heavy atom. The van der Waals surface area contributed by atoms with E-state index in [2.05, 4.69) is 28.6 Å². The molecule has 0 radical (unpaired) electrons. The lowest BCUT2D eigenvalue weighted by Gasteiger charge is -2.11. The maximum Gasteiger partial charge on any atom is 0.269 e. The summed E-state index contributed by atoms with van der Waals surface area (Å²) in [5.74, 6) is 0.845. The Bertz CT molecular complexity index is 965. The number of nitrogens with zero attached hydrogens (tertiary/aromatic N) is 5. The molecule has 148 valence electrons. The minimum absolute atomic E-state index is 0.0251. The van der Waals surface area contributed by atoms with Crippen molar-refractivity contribution in [2.45, 2.75) is 57.5 Å². The van der Waals surface area contributed by atoms with Gasteiger partial charge in [-0.25, -0.2) is 4.98 Å². The second-order valence-corrected chi connectivity index (χ2v) is 7.89. The van der Waals surface area contributed by atoms with Crippen LogP contribution in [0.5, 0.6) is 0 Å². The van der Waals surface area contributed by atoms with Crippen LogP contribution in [0.25, 0.3) is 11.5 Å². The average Bonchev–Trinajstić information content (AvgIpc) is 3.27. The zero-order chi connectivity index (χ0) is 20.3. The topological polar surface area (TPSA) is 99.9 Å². The lowest BCUT2D eigenvalue weighted by molar-refractivity contribution is -0.384. The Labute approximate surface area is 167 Å². The lowest BCUT2D eigenvalue weighted by atomic mass is 10.2. The Morgan fingerprint density at radius 3 is 2.61 bits per heavy atom. The predicted octanol–water partition coefficient (Wildman–Crippen LogP) is 5.11. The van der Waals surface area contributed by atoms with Crippen molar-refractivity contribution in [3.8, 4) is 11.5 Å². The normalized spacial score (nSPS) is 12.3. The highest BCUT2D eigenvalue weighted by Gasteiger charge is 2.20. The summed E-state index contributed by atoms with van der Waals surface area (Å²) in [6.07, 6.45) is 2.22. The van der Waals surface area contributed by atoms with Crippen LogP contribution >= 0.6 is 11.8 Å². The maximum absolute atomic E-state index is 10.8. The molecule has 0 amide bonds. The maximum atomic E-state index is 10.8. The summed E-state index contributed by atoms with van der Waals surface area (Å²) in [6.45, 7) is 9.22. The first-order valence-corrected chi connectivity index (χ1v) is 10.1. The van der Waals surface area contributed by atoms with E-state index in [1.165, 1.54) is 17.8 Å². The highest BCUT2D eigenvalue weighted by molar-refractivity contribution is 7.99. The number of nitro benzene ring substituents is 1. The number of benzene rings is 1. The molecule has 0 N–H and O–H groups in total. The molecule has 2 aromatic heterocycles. The number of non-ortho nitro benzene ring substituents is 1. The van der Waals surface area contributed by atoms with Crippen LogP contribution in [0.2, 0.25) is 0 Å². The molecule has 0 saturated heterocycles. The molecule has 8 nitrogen and oxygen atoms in total. The van der Waals surface area contributed by atoms with E-state index in [-0.39, 0.29) is 10.9 Å². The molecule has 3 aromatic rings. The van der Waals surface area contributed by atoms with Gasteiger partial charge < -0.3 is 8.98 Å². The standard InChI is InChI=1S/C19H23N5O3S/c1-5-6-11-23-13(3)12(2)20-19(23)28-14(4)17-21-22-18(27-17)15-7-9-16(10-8-15)24(25)26/h7-10,14H,5-6,11H2,1-4H3/t14-/m1/s1. The van der Waals surface area contributed by atoms with Crippen molar-refractivity contribution in [3.05, 3.63) is 51.7 Å². The minimum Gasteiger partial charge on any atom is -0.419 e. The van der Waals surface area contributed by atoms with Crippen molar-refractivity contribution < 1.29 is 9.34 Å². The first kappa shape index (κ1) is 20.1. The molecule has 0 aliphatic carbocycles. The molecule has 0 bridgehead atoms. The third-order valence-electron chi connectivity index (χ3n) is 4.55.